The van der Waals surface area contributed by atoms with Crippen molar-refractivity contribution in [2.24, 2.45) is 0 Å². The summed E-state index contributed by atoms with van der Waals surface area (Å²) in [5.74, 6) is 0.679. The van der Waals surface area contributed by atoms with E-state index in [4.69, 9.17) is 4.98 Å². The van der Waals surface area contributed by atoms with E-state index in [2.05, 4.69) is 5.32 Å². The molecule has 21 heavy (non-hydrogen) atoms. The molecule has 1 aromatic heterocycles. The zero-order chi connectivity index (χ0) is 13.9. The van der Waals surface area contributed by atoms with Gasteiger partial charge in [0.2, 0.25) is 5.91 Å². The number of nitrogens with zero attached hydrogens (tertiary/aromatic N) is 2. The van der Waals surface area contributed by atoms with Crippen LogP contribution in [0.25, 0.3) is 0 Å². The van der Waals surface area contributed by atoms with Crippen LogP contribution in [0.3, 0.4) is 0 Å². The lowest BCUT2D eigenvalue weighted by molar-refractivity contribution is -0.131. The Morgan fingerprint density at radius 1 is 1.38 bits per heavy atom. The Morgan fingerprint density at radius 2 is 2.19 bits per heavy atom. The largest absolute Gasteiger partial charge is 0.341 e. The number of rotatable bonds is 3. The first kappa shape index (κ1) is 16.7. The average Bonchev–Trinajstić information content (AvgIpc) is 2.91. The summed E-state index contributed by atoms with van der Waals surface area (Å²) in [4.78, 5) is 20.4. The topological polar surface area (TPSA) is 45.2 Å². The molecule has 1 unspecified atom stereocenters. The average molecular weight is 330 g/mol. The van der Waals surface area contributed by atoms with E-state index in [1.165, 1.54) is 41.3 Å². The number of fused-ring (bicyclic) bond motifs is 1. The molecule has 118 valence electrons. The van der Waals surface area contributed by atoms with Crippen LogP contribution in [0.4, 0.5) is 0 Å². The van der Waals surface area contributed by atoms with E-state index in [1.807, 2.05) is 23.3 Å². The quantitative estimate of drug-likeness (QED) is 0.926. The van der Waals surface area contributed by atoms with Gasteiger partial charge in [0.1, 0.15) is 0 Å². The molecule has 0 saturated carbocycles. The fourth-order valence-corrected chi connectivity index (χ4v) is 4.49. The second kappa shape index (κ2) is 7.56. The number of thiazole rings is 1. The van der Waals surface area contributed by atoms with Crippen molar-refractivity contribution in [1.29, 1.82) is 0 Å². The number of carbonyl (C=O) groups excluding carboxylic acids is 1. The van der Waals surface area contributed by atoms with Gasteiger partial charge in [0.15, 0.2) is 0 Å². The van der Waals surface area contributed by atoms with Gasteiger partial charge in [-0.25, -0.2) is 4.98 Å². The number of carbonyl (C=O) groups is 1. The van der Waals surface area contributed by atoms with Gasteiger partial charge in [0, 0.05) is 23.9 Å². The Balaban J connectivity index is 0.00000161. The lowest BCUT2D eigenvalue weighted by Crippen LogP contribution is -2.42. The van der Waals surface area contributed by atoms with Gasteiger partial charge in [0.25, 0.3) is 0 Å². The third-order valence-corrected chi connectivity index (χ3v) is 5.63. The van der Waals surface area contributed by atoms with Crippen LogP contribution in [0.15, 0.2) is 0 Å². The highest BCUT2D eigenvalue weighted by molar-refractivity contribution is 7.11. The summed E-state index contributed by atoms with van der Waals surface area (Å²) in [7, 11) is 1.83. The molecule has 0 spiro atoms. The molecule has 1 aliphatic carbocycles. The van der Waals surface area contributed by atoms with Gasteiger partial charge in [0.05, 0.1) is 17.2 Å². The molecule has 0 bridgehead atoms. The van der Waals surface area contributed by atoms with Gasteiger partial charge < -0.3 is 10.2 Å². The van der Waals surface area contributed by atoms with Crippen molar-refractivity contribution in [3.05, 3.63) is 15.6 Å². The number of aromatic nitrogens is 1. The summed E-state index contributed by atoms with van der Waals surface area (Å²) in [6, 6.07) is 0. The van der Waals surface area contributed by atoms with E-state index in [9.17, 15) is 4.79 Å². The molecule has 6 heteroatoms. The maximum atomic E-state index is 12.0. The van der Waals surface area contributed by atoms with E-state index in [-0.39, 0.29) is 18.3 Å². The number of aryl methyl sites for hydroxylation is 2. The number of halogens is 1. The number of nitrogens with one attached hydrogen (secondary N) is 1. The number of piperidine rings is 1. The normalized spacial score (nSPS) is 21.6. The van der Waals surface area contributed by atoms with Crippen molar-refractivity contribution in [1.82, 2.24) is 15.2 Å². The standard InChI is InChI=1S/C15H23N3OS.ClH/c1-16-9-14(19)18-8-4-5-11(10-18)15-17-12-6-2-3-7-13(12)20-15;/h11,16H,2-10H2,1H3;1H. The minimum atomic E-state index is 0. The summed E-state index contributed by atoms with van der Waals surface area (Å²) in [5, 5.41) is 4.23. The first-order valence-corrected chi connectivity index (χ1v) is 8.50. The highest BCUT2D eigenvalue weighted by Crippen LogP contribution is 2.34. The van der Waals surface area contributed by atoms with Crippen molar-refractivity contribution >= 4 is 29.7 Å². The predicted molar refractivity (Wildman–Crippen MR) is 88.5 cm³/mol. The fraction of sp³-hybridized carbons (Fsp3) is 0.733. The van der Waals surface area contributed by atoms with Crippen LogP contribution in [0, 0.1) is 0 Å². The molecule has 1 atom stereocenters. The SMILES string of the molecule is CNCC(=O)N1CCCC(c2nc3c(s2)CCCC3)C1.Cl. The number of hydrogen-bond acceptors (Lipinski definition) is 4. The van der Waals surface area contributed by atoms with Gasteiger partial charge in [-0.3, -0.25) is 4.79 Å². The highest BCUT2D eigenvalue weighted by atomic mass is 35.5. The van der Waals surface area contributed by atoms with Crippen molar-refractivity contribution in [2.75, 3.05) is 26.7 Å². The summed E-state index contributed by atoms with van der Waals surface area (Å²) in [6.07, 6.45) is 7.24. The van der Waals surface area contributed by atoms with E-state index < -0.39 is 0 Å². The first-order valence-electron chi connectivity index (χ1n) is 7.69. The fourth-order valence-electron chi connectivity index (χ4n) is 3.21. The Bertz CT molecular complexity index is 468. The second-order valence-electron chi connectivity index (χ2n) is 5.84. The van der Waals surface area contributed by atoms with Crippen LogP contribution in [0.1, 0.15) is 47.2 Å². The molecule has 2 aliphatic rings. The number of amides is 1. The number of likely N-dealkylation sites (N-methyl/N-ethyl adjacent to an activating group) is 1. The zero-order valence-corrected chi connectivity index (χ0v) is 14.2. The Morgan fingerprint density at radius 3 is 2.95 bits per heavy atom. The third kappa shape index (κ3) is 3.76. The number of likely N-dealkylation sites (tertiary alicyclic amines) is 1. The monoisotopic (exact) mass is 329 g/mol. The summed E-state index contributed by atoms with van der Waals surface area (Å²) in [6.45, 7) is 2.20. The molecule has 1 saturated heterocycles. The molecule has 0 aromatic carbocycles. The third-order valence-electron chi connectivity index (χ3n) is 4.31. The zero-order valence-electron chi connectivity index (χ0n) is 12.6. The van der Waals surface area contributed by atoms with E-state index in [1.54, 1.807) is 0 Å². The van der Waals surface area contributed by atoms with Crippen molar-refractivity contribution in [3.8, 4) is 0 Å². The summed E-state index contributed by atoms with van der Waals surface area (Å²) in [5.41, 5.74) is 1.34. The summed E-state index contributed by atoms with van der Waals surface area (Å²) >= 11 is 1.90. The van der Waals surface area contributed by atoms with Crippen LogP contribution < -0.4 is 5.32 Å². The van der Waals surface area contributed by atoms with Crippen LogP contribution in [0.2, 0.25) is 0 Å². The second-order valence-corrected chi connectivity index (χ2v) is 6.95. The predicted octanol–water partition coefficient (Wildman–Crippen LogP) is 2.37. The molecular formula is C15H24ClN3OS. The summed E-state index contributed by atoms with van der Waals surface area (Å²) < 4.78 is 0. The molecule has 3 rings (SSSR count). The van der Waals surface area contributed by atoms with Crippen molar-refractivity contribution < 1.29 is 4.79 Å². The van der Waals surface area contributed by atoms with Gasteiger partial charge in [-0.05, 0) is 45.6 Å². The van der Waals surface area contributed by atoms with E-state index in [0.717, 1.165) is 25.9 Å². The molecule has 2 heterocycles. The maximum absolute atomic E-state index is 12.0. The molecule has 0 radical (unpaired) electrons. The van der Waals surface area contributed by atoms with Gasteiger partial charge in [-0.1, -0.05) is 0 Å². The highest BCUT2D eigenvalue weighted by Gasteiger charge is 2.27. The molecule has 1 aromatic rings. The minimum absolute atomic E-state index is 0. The van der Waals surface area contributed by atoms with E-state index >= 15 is 0 Å². The minimum Gasteiger partial charge on any atom is -0.341 e. The van der Waals surface area contributed by atoms with Crippen LogP contribution in [-0.2, 0) is 17.6 Å². The Kier molecular flexibility index (Phi) is 6.02. The Hall–Kier alpha value is -0.650. The lowest BCUT2D eigenvalue weighted by atomic mass is 9.98. The molecule has 1 fully saturated rings. The first-order chi connectivity index (χ1) is 9.78. The molecule has 1 aliphatic heterocycles. The van der Waals surface area contributed by atoms with Crippen LogP contribution >= 0.6 is 23.7 Å². The van der Waals surface area contributed by atoms with Crippen molar-refractivity contribution in [2.45, 2.75) is 44.4 Å². The van der Waals surface area contributed by atoms with Gasteiger partial charge in [-0.15, -0.1) is 23.7 Å². The van der Waals surface area contributed by atoms with Gasteiger partial charge in [-0.2, -0.15) is 0 Å². The van der Waals surface area contributed by atoms with Crippen molar-refractivity contribution in [3.63, 3.8) is 0 Å². The Labute approximate surface area is 136 Å². The van der Waals surface area contributed by atoms with E-state index in [0.29, 0.717) is 12.5 Å². The van der Waals surface area contributed by atoms with Gasteiger partial charge >= 0.3 is 0 Å². The number of hydrogen-bond donors (Lipinski definition) is 1. The van der Waals surface area contributed by atoms with Crippen LogP contribution in [-0.4, -0.2) is 42.5 Å². The lowest BCUT2D eigenvalue weighted by Gasteiger charge is -2.31. The smallest absolute Gasteiger partial charge is 0.236 e. The van der Waals surface area contributed by atoms with Crippen LogP contribution in [0.5, 0.6) is 0 Å². The molecule has 1 amide bonds. The molecule has 4 nitrogen and oxygen atoms in total. The molecule has 1 N–H and O–H groups in total. The molecular weight excluding hydrogens is 306 g/mol. The maximum Gasteiger partial charge on any atom is 0.236 e.